The standard InChI is InChI=1S/C21H24ClNO3/c1-5-23(15(4)24)12-18-8-13(2)6-7-20(18)17-9-16(10-19(22)11-17)14(3)21(25)26/h6-11,14H,5,12H2,1-4H3,(H,25,26). The molecule has 26 heavy (non-hydrogen) atoms. The summed E-state index contributed by atoms with van der Waals surface area (Å²) in [7, 11) is 0. The zero-order valence-electron chi connectivity index (χ0n) is 15.5. The Morgan fingerprint density at radius 3 is 2.46 bits per heavy atom. The molecule has 1 N–H and O–H groups in total. The van der Waals surface area contributed by atoms with Crippen molar-refractivity contribution in [1.82, 2.24) is 4.90 Å². The third kappa shape index (κ3) is 4.64. The zero-order chi connectivity index (χ0) is 19.4. The number of hydrogen-bond acceptors (Lipinski definition) is 2. The van der Waals surface area contributed by atoms with Gasteiger partial charge in [0.2, 0.25) is 5.91 Å². The number of hydrogen-bond donors (Lipinski definition) is 1. The second-order valence-corrected chi connectivity index (χ2v) is 6.96. The van der Waals surface area contributed by atoms with Crippen LogP contribution in [0, 0.1) is 6.92 Å². The van der Waals surface area contributed by atoms with Gasteiger partial charge < -0.3 is 10.0 Å². The number of carboxylic acids is 1. The van der Waals surface area contributed by atoms with Crippen molar-refractivity contribution in [2.24, 2.45) is 0 Å². The lowest BCUT2D eigenvalue weighted by Crippen LogP contribution is -2.28. The second-order valence-electron chi connectivity index (χ2n) is 6.53. The van der Waals surface area contributed by atoms with E-state index in [-0.39, 0.29) is 5.91 Å². The molecule has 138 valence electrons. The average Bonchev–Trinajstić information content (AvgIpc) is 2.58. The zero-order valence-corrected chi connectivity index (χ0v) is 16.3. The number of rotatable bonds is 6. The lowest BCUT2D eigenvalue weighted by atomic mass is 9.93. The molecule has 0 spiro atoms. The van der Waals surface area contributed by atoms with Gasteiger partial charge in [0.1, 0.15) is 0 Å². The van der Waals surface area contributed by atoms with Gasteiger partial charge in [0.15, 0.2) is 0 Å². The van der Waals surface area contributed by atoms with E-state index in [4.69, 9.17) is 11.6 Å². The summed E-state index contributed by atoms with van der Waals surface area (Å²) in [5.74, 6) is -1.52. The Morgan fingerprint density at radius 2 is 1.88 bits per heavy atom. The largest absolute Gasteiger partial charge is 0.481 e. The van der Waals surface area contributed by atoms with Gasteiger partial charge in [-0.15, -0.1) is 0 Å². The fraction of sp³-hybridized carbons (Fsp3) is 0.333. The van der Waals surface area contributed by atoms with Crippen LogP contribution in [0.2, 0.25) is 5.02 Å². The van der Waals surface area contributed by atoms with Gasteiger partial charge in [-0.05, 0) is 55.2 Å². The monoisotopic (exact) mass is 373 g/mol. The van der Waals surface area contributed by atoms with E-state index in [1.54, 1.807) is 24.8 Å². The van der Waals surface area contributed by atoms with E-state index in [2.05, 4.69) is 6.07 Å². The summed E-state index contributed by atoms with van der Waals surface area (Å²) >= 11 is 6.26. The second kappa shape index (κ2) is 8.37. The van der Waals surface area contributed by atoms with Crippen LogP contribution >= 0.6 is 11.6 Å². The molecule has 2 rings (SSSR count). The SMILES string of the molecule is CCN(Cc1cc(C)ccc1-c1cc(Cl)cc(C(C)C(=O)O)c1)C(C)=O. The fourth-order valence-electron chi connectivity index (χ4n) is 2.95. The minimum Gasteiger partial charge on any atom is -0.481 e. The fourth-order valence-corrected chi connectivity index (χ4v) is 3.19. The van der Waals surface area contributed by atoms with E-state index in [0.717, 1.165) is 22.3 Å². The Bertz CT molecular complexity index is 832. The highest BCUT2D eigenvalue weighted by atomic mass is 35.5. The van der Waals surface area contributed by atoms with Gasteiger partial charge in [-0.3, -0.25) is 9.59 Å². The minimum absolute atomic E-state index is 0.0197. The van der Waals surface area contributed by atoms with Crippen LogP contribution in [0.25, 0.3) is 11.1 Å². The topological polar surface area (TPSA) is 57.6 Å². The first-order chi connectivity index (χ1) is 12.2. The molecule has 0 aliphatic heterocycles. The molecule has 1 atom stereocenters. The van der Waals surface area contributed by atoms with Crippen molar-refractivity contribution in [3.8, 4) is 11.1 Å². The predicted molar refractivity (Wildman–Crippen MR) is 104 cm³/mol. The molecule has 5 heteroatoms. The maximum absolute atomic E-state index is 11.8. The van der Waals surface area contributed by atoms with Crippen LogP contribution in [0.15, 0.2) is 36.4 Å². The molecule has 0 aromatic heterocycles. The molecule has 0 fully saturated rings. The van der Waals surface area contributed by atoms with Crippen molar-refractivity contribution in [2.45, 2.75) is 40.2 Å². The minimum atomic E-state index is -0.893. The van der Waals surface area contributed by atoms with Crippen LogP contribution in [-0.4, -0.2) is 28.4 Å². The number of halogens is 1. The lowest BCUT2D eigenvalue weighted by molar-refractivity contribution is -0.138. The molecule has 1 unspecified atom stereocenters. The lowest BCUT2D eigenvalue weighted by Gasteiger charge is -2.22. The van der Waals surface area contributed by atoms with Crippen LogP contribution < -0.4 is 0 Å². The van der Waals surface area contributed by atoms with Gasteiger partial charge in [-0.2, -0.15) is 0 Å². The highest BCUT2D eigenvalue weighted by Gasteiger charge is 2.17. The predicted octanol–water partition coefficient (Wildman–Crippen LogP) is 4.87. The molecule has 0 aliphatic rings. The molecule has 0 heterocycles. The Hall–Kier alpha value is -2.33. The van der Waals surface area contributed by atoms with E-state index in [9.17, 15) is 14.7 Å². The van der Waals surface area contributed by atoms with Gasteiger partial charge in [0, 0.05) is 25.0 Å². The number of aliphatic carboxylic acids is 1. The Labute approximate surface area is 159 Å². The van der Waals surface area contributed by atoms with Gasteiger partial charge in [-0.25, -0.2) is 0 Å². The highest BCUT2D eigenvalue weighted by molar-refractivity contribution is 6.31. The summed E-state index contributed by atoms with van der Waals surface area (Å²) in [5.41, 5.74) is 4.58. The molecule has 0 saturated carbocycles. The molecule has 2 aromatic rings. The summed E-state index contributed by atoms with van der Waals surface area (Å²) in [6.07, 6.45) is 0. The van der Waals surface area contributed by atoms with Gasteiger partial charge in [0.25, 0.3) is 0 Å². The van der Waals surface area contributed by atoms with Crippen LogP contribution in [0.3, 0.4) is 0 Å². The van der Waals surface area contributed by atoms with Crippen LogP contribution in [0.1, 0.15) is 43.4 Å². The molecule has 0 bridgehead atoms. The van der Waals surface area contributed by atoms with E-state index < -0.39 is 11.9 Å². The normalized spacial score (nSPS) is 11.9. The van der Waals surface area contributed by atoms with E-state index in [1.165, 1.54) is 0 Å². The summed E-state index contributed by atoms with van der Waals surface area (Å²) in [4.78, 5) is 24.9. The molecule has 0 aliphatic carbocycles. The summed E-state index contributed by atoms with van der Waals surface area (Å²) in [6, 6.07) is 11.4. The van der Waals surface area contributed by atoms with Crippen molar-refractivity contribution in [1.29, 1.82) is 0 Å². The van der Waals surface area contributed by atoms with Crippen molar-refractivity contribution < 1.29 is 14.7 Å². The number of carboxylic acid groups (broad SMARTS) is 1. The summed E-state index contributed by atoms with van der Waals surface area (Å²) in [6.45, 7) is 8.28. The first kappa shape index (κ1) is 20.0. The van der Waals surface area contributed by atoms with Gasteiger partial charge in [0.05, 0.1) is 5.92 Å². The number of amides is 1. The number of benzene rings is 2. The van der Waals surface area contributed by atoms with Crippen LogP contribution in [-0.2, 0) is 16.1 Å². The third-order valence-electron chi connectivity index (χ3n) is 4.55. The van der Waals surface area contributed by atoms with Crippen molar-refractivity contribution in [3.63, 3.8) is 0 Å². The van der Waals surface area contributed by atoms with Crippen LogP contribution in [0.5, 0.6) is 0 Å². The molecule has 0 saturated heterocycles. The van der Waals surface area contributed by atoms with E-state index in [0.29, 0.717) is 23.7 Å². The summed E-state index contributed by atoms with van der Waals surface area (Å²) in [5, 5.41) is 9.80. The maximum Gasteiger partial charge on any atom is 0.310 e. The number of carbonyl (C=O) groups is 2. The average molecular weight is 374 g/mol. The molecular weight excluding hydrogens is 350 g/mol. The first-order valence-electron chi connectivity index (χ1n) is 8.61. The Balaban J connectivity index is 2.55. The third-order valence-corrected chi connectivity index (χ3v) is 4.77. The quantitative estimate of drug-likeness (QED) is 0.785. The smallest absolute Gasteiger partial charge is 0.310 e. The first-order valence-corrected chi connectivity index (χ1v) is 8.99. The number of nitrogens with zero attached hydrogens (tertiary/aromatic N) is 1. The van der Waals surface area contributed by atoms with Crippen molar-refractivity contribution in [2.75, 3.05) is 6.54 Å². The molecule has 4 nitrogen and oxygen atoms in total. The van der Waals surface area contributed by atoms with Gasteiger partial charge >= 0.3 is 5.97 Å². The van der Waals surface area contributed by atoms with E-state index in [1.807, 2.05) is 38.1 Å². The maximum atomic E-state index is 11.8. The molecule has 2 aromatic carbocycles. The van der Waals surface area contributed by atoms with Gasteiger partial charge in [-0.1, -0.05) is 41.4 Å². The molecular formula is C21H24ClNO3. The highest BCUT2D eigenvalue weighted by Crippen LogP contribution is 2.31. The number of aryl methyl sites for hydroxylation is 1. The van der Waals surface area contributed by atoms with Crippen LogP contribution in [0.4, 0.5) is 0 Å². The van der Waals surface area contributed by atoms with E-state index >= 15 is 0 Å². The Kier molecular flexibility index (Phi) is 6.43. The Morgan fingerprint density at radius 1 is 1.19 bits per heavy atom. The van der Waals surface area contributed by atoms with Crippen molar-refractivity contribution in [3.05, 3.63) is 58.1 Å². The number of carbonyl (C=O) groups excluding carboxylic acids is 1. The summed E-state index contributed by atoms with van der Waals surface area (Å²) < 4.78 is 0. The molecule has 0 radical (unpaired) electrons. The van der Waals surface area contributed by atoms with Crippen molar-refractivity contribution >= 4 is 23.5 Å². The molecule has 1 amide bonds.